The summed E-state index contributed by atoms with van der Waals surface area (Å²) < 4.78 is 19.1. The van der Waals surface area contributed by atoms with Crippen LogP contribution in [0.25, 0.3) is 0 Å². The number of esters is 1. The average molecular weight is 460 g/mol. The normalized spacial score (nSPS) is 19.5. The van der Waals surface area contributed by atoms with Gasteiger partial charge in [-0.25, -0.2) is 4.39 Å². The van der Waals surface area contributed by atoms with E-state index in [9.17, 15) is 14.0 Å². The minimum atomic E-state index is -0.469. The van der Waals surface area contributed by atoms with Crippen LogP contribution >= 0.6 is 11.6 Å². The van der Waals surface area contributed by atoms with E-state index in [0.717, 1.165) is 11.1 Å². The summed E-state index contributed by atoms with van der Waals surface area (Å²) in [7, 11) is 1.38. The van der Waals surface area contributed by atoms with E-state index in [1.54, 1.807) is 12.1 Å². The maximum absolute atomic E-state index is 14.1. The summed E-state index contributed by atoms with van der Waals surface area (Å²) in [5.41, 5.74) is 2.74. The highest BCUT2D eigenvalue weighted by Crippen LogP contribution is 2.25. The second-order valence-corrected chi connectivity index (χ2v) is 8.68. The summed E-state index contributed by atoms with van der Waals surface area (Å²) in [4.78, 5) is 31.2. The lowest BCUT2D eigenvalue weighted by Crippen LogP contribution is -2.54. The lowest BCUT2D eigenvalue weighted by molar-refractivity contribution is -0.149. The average Bonchev–Trinajstić information content (AvgIpc) is 2.81. The molecule has 0 spiro atoms. The van der Waals surface area contributed by atoms with Crippen molar-refractivity contribution in [1.82, 2.24) is 14.7 Å². The highest BCUT2D eigenvalue weighted by molar-refractivity contribution is 6.31. The van der Waals surface area contributed by atoms with Gasteiger partial charge >= 0.3 is 5.97 Å². The molecular formula is C24H27ClFN3O3. The van der Waals surface area contributed by atoms with Gasteiger partial charge in [-0.15, -0.1) is 0 Å². The summed E-state index contributed by atoms with van der Waals surface area (Å²) in [6.45, 7) is 3.50. The van der Waals surface area contributed by atoms with Crippen LogP contribution in [0.1, 0.15) is 16.7 Å². The van der Waals surface area contributed by atoms with Gasteiger partial charge in [-0.05, 0) is 29.7 Å². The molecule has 0 bridgehead atoms. The lowest BCUT2D eigenvalue weighted by atomic mass is 9.94. The Bertz CT molecular complexity index is 974. The minimum Gasteiger partial charge on any atom is -0.468 e. The van der Waals surface area contributed by atoms with Crippen LogP contribution in [-0.4, -0.2) is 72.5 Å². The Labute approximate surface area is 192 Å². The van der Waals surface area contributed by atoms with Crippen LogP contribution in [-0.2, 0) is 33.8 Å². The van der Waals surface area contributed by atoms with E-state index in [1.807, 2.05) is 34.1 Å². The highest BCUT2D eigenvalue weighted by Gasteiger charge is 2.34. The summed E-state index contributed by atoms with van der Waals surface area (Å²) in [6.07, 6.45) is 0.535. The summed E-state index contributed by atoms with van der Waals surface area (Å²) in [5, 5.41) is 0.419. The molecule has 2 aromatic carbocycles. The molecule has 8 heteroatoms. The number of hydrogen-bond donors (Lipinski definition) is 0. The quantitative estimate of drug-likeness (QED) is 0.643. The zero-order chi connectivity index (χ0) is 22.7. The third-order valence-electron chi connectivity index (χ3n) is 6.33. The standard InChI is InChI=1S/C24H27ClFN3O3/c1-32-24(31)22-13-17-5-2-3-6-18(17)14-29(22)16-23(30)28-11-9-27(10-12-28)15-19-20(25)7-4-8-21(19)26/h2-8,22H,9-16H2,1H3. The lowest BCUT2D eigenvalue weighted by Gasteiger charge is -2.38. The van der Waals surface area contributed by atoms with E-state index in [-0.39, 0.29) is 24.2 Å². The molecule has 0 saturated carbocycles. The van der Waals surface area contributed by atoms with Crippen molar-refractivity contribution in [1.29, 1.82) is 0 Å². The fourth-order valence-electron chi connectivity index (χ4n) is 4.45. The summed E-state index contributed by atoms with van der Waals surface area (Å²) in [5.74, 6) is -0.643. The maximum atomic E-state index is 14.1. The number of ether oxygens (including phenoxy) is 1. The number of rotatable bonds is 5. The smallest absolute Gasteiger partial charge is 0.323 e. The van der Waals surface area contributed by atoms with Crippen LogP contribution in [0.4, 0.5) is 4.39 Å². The molecule has 170 valence electrons. The Morgan fingerprint density at radius 1 is 1.06 bits per heavy atom. The highest BCUT2D eigenvalue weighted by atomic mass is 35.5. The number of nitrogens with zero attached hydrogens (tertiary/aromatic N) is 3. The molecule has 32 heavy (non-hydrogen) atoms. The summed E-state index contributed by atoms with van der Waals surface area (Å²) >= 11 is 6.15. The third kappa shape index (κ3) is 4.95. The van der Waals surface area contributed by atoms with Crippen molar-refractivity contribution in [2.45, 2.75) is 25.6 Å². The van der Waals surface area contributed by atoms with Gasteiger partial charge in [-0.3, -0.25) is 19.4 Å². The fraction of sp³-hybridized carbons (Fsp3) is 0.417. The number of piperazine rings is 1. The first kappa shape index (κ1) is 22.7. The monoisotopic (exact) mass is 459 g/mol. The second kappa shape index (κ2) is 9.98. The maximum Gasteiger partial charge on any atom is 0.323 e. The zero-order valence-electron chi connectivity index (χ0n) is 18.1. The number of fused-ring (bicyclic) bond motifs is 1. The topological polar surface area (TPSA) is 53.1 Å². The number of benzene rings is 2. The van der Waals surface area contributed by atoms with Gasteiger partial charge in [0.1, 0.15) is 11.9 Å². The Balaban J connectivity index is 1.36. The van der Waals surface area contributed by atoms with E-state index in [4.69, 9.17) is 16.3 Å². The van der Waals surface area contributed by atoms with Crippen molar-refractivity contribution >= 4 is 23.5 Å². The molecule has 1 saturated heterocycles. The Morgan fingerprint density at radius 2 is 1.78 bits per heavy atom. The first-order valence-electron chi connectivity index (χ1n) is 10.8. The molecule has 0 aromatic heterocycles. The van der Waals surface area contributed by atoms with Gasteiger partial charge in [-0.1, -0.05) is 41.9 Å². The van der Waals surface area contributed by atoms with Gasteiger partial charge in [0.25, 0.3) is 0 Å². The molecule has 1 atom stereocenters. The first-order chi connectivity index (χ1) is 15.5. The Morgan fingerprint density at radius 3 is 2.47 bits per heavy atom. The van der Waals surface area contributed by atoms with Crippen molar-refractivity contribution < 1.29 is 18.7 Å². The van der Waals surface area contributed by atoms with Gasteiger partial charge in [-0.2, -0.15) is 0 Å². The molecule has 2 aromatic rings. The summed E-state index contributed by atoms with van der Waals surface area (Å²) in [6, 6.07) is 12.2. The predicted molar refractivity (Wildman–Crippen MR) is 120 cm³/mol. The zero-order valence-corrected chi connectivity index (χ0v) is 18.9. The number of carbonyl (C=O) groups is 2. The molecule has 1 unspecified atom stereocenters. The third-order valence-corrected chi connectivity index (χ3v) is 6.68. The molecule has 4 rings (SSSR count). The largest absolute Gasteiger partial charge is 0.468 e. The molecule has 6 nitrogen and oxygen atoms in total. The Hall–Kier alpha value is -2.48. The number of amides is 1. The first-order valence-corrected chi connectivity index (χ1v) is 11.2. The van der Waals surface area contributed by atoms with E-state index in [2.05, 4.69) is 4.90 Å². The number of carbonyl (C=O) groups excluding carboxylic acids is 2. The molecule has 0 N–H and O–H groups in total. The van der Waals surface area contributed by atoms with E-state index in [0.29, 0.717) is 56.3 Å². The second-order valence-electron chi connectivity index (χ2n) is 8.27. The molecule has 0 radical (unpaired) electrons. The molecule has 1 fully saturated rings. The molecule has 2 aliphatic heterocycles. The van der Waals surface area contributed by atoms with Crippen molar-refractivity contribution in [3.63, 3.8) is 0 Å². The number of hydrogen-bond acceptors (Lipinski definition) is 5. The fourth-order valence-corrected chi connectivity index (χ4v) is 4.67. The number of methoxy groups -OCH3 is 1. The van der Waals surface area contributed by atoms with Crippen LogP contribution in [0.15, 0.2) is 42.5 Å². The van der Waals surface area contributed by atoms with Crippen LogP contribution in [0.2, 0.25) is 5.02 Å². The van der Waals surface area contributed by atoms with Crippen molar-refractivity contribution in [3.8, 4) is 0 Å². The predicted octanol–water partition coefficient (Wildman–Crippen LogP) is 2.72. The Kier molecular flexibility index (Phi) is 7.08. The van der Waals surface area contributed by atoms with Gasteiger partial charge in [0.05, 0.1) is 13.7 Å². The SMILES string of the molecule is COC(=O)C1Cc2ccccc2CN1CC(=O)N1CCN(Cc2c(F)cccc2Cl)CC1. The number of halogens is 2. The molecule has 2 aliphatic rings. The van der Waals surface area contributed by atoms with Crippen molar-refractivity contribution in [3.05, 3.63) is 70.0 Å². The molecule has 1 amide bonds. The van der Waals surface area contributed by atoms with Crippen LogP contribution in [0.5, 0.6) is 0 Å². The van der Waals surface area contributed by atoms with Crippen molar-refractivity contribution in [2.24, 2.45) is 0 Å². The van der Waals surface area contributed by atoms with Crippen LogP contribution in [0.3, 0.4) is 0 Å². The van der Waals surface area contributed by atoms with Gasteiger partial charge in [0, 0.05) is 49.9 Å². The minimum absolute atomic E-state index is 0.0122. The van der Waals surface area contributed by atoms with Gasteiger partial charge in [0.15, 0.2) is 0 Å². The molecule has 2 heterocycles. The van der Waals surface area contributed by atoms with E-state index >= 15 is 0 Å². The van der Waals surface area contributed by atoms with Crippen LogP contribution < -0.4 is 0 Å². The van der Waals surface area contributed by atoms with Gasteiger partial charge in [0.2, 0.25) is 5.91 Å². The van der Waals surface area contributed by atoms with Crippen LogP contribution in [0, 0.1) is 5.82 Å². The van der Waals surface area contributed by atoms with Gasteiger partial charge < -0.3 is 9.64 Å². The van der Waals surface area contributed by atoms with E-state index < -0.39 is 6.04 Å². The molecule has 0 aliphatic carbocycles. The molecular weight excluding hydrogens is 433 g/mol. The van der Waals surface area contributed by atoms with E-state index in [1.165, 1.54) is 13.2 Å². The van der Waals surface area contributed by atoms with Crippen molar-refractivity contribution in [2.75, 3.05) is 39.8 Å².